The lowest BCUT2D eigenvalue weighted by atomic mass is 9.81. The lowest BCUT2D eigenvalue weighted by Gasteiger charge is -2.26. The van der Waals surface area contributed by atoms with Crippen molar-refractivity contribution in [1.29, 1.82) is 0 Å². The number of allylic oxidation sites excluding steroid dienone is 1. The summed E-state index contributed by atoms with van der Waals surface area (Å²) in [5.74, 6) is 0.863. The van der Waals surface area contributed by atoms with Crippen molar-refractivity contribution in [2.24, 2.45) is 11.3 Å². The van der Waals surface area contributed by atoms with Crippen molar-refractivity contribution in [2.45, 2.75) is 60.3 Å². The molecule has 0 aromatic heterocycles. The summed E-state index contributed by atoms with van der Waals surface area (Å²) >= 11 is 0. The molecule has 0 aliphatic carbocycles. The average molecular weight is 211 g/mol. The van der Waals surface area contributed by atoms with Gasteiger partial charge in [0.15, 0.2) is 0 Å². The van der Waals surface area contributed by atoms with E-state index >= 15 is 0 Å². The van der Waals surface area contributed by atoms with Gasteiger partial charge >= 0.3 is 0 Å². The van der Waals surface area contributed by atoms with E-state index in [0.717, 1.165) is 18.2 Å². The van der Waals surface area contributed by atoms with Gasteiger partial charge in [0.05, 0.1) is 0 Å². The maximum Gasteiger partial charge on any atom is 0.0146 e. The third-order valence-corrected chi connectivity index (χ3v) is 2.58. The minimum atomic E-state index is 0.461. The normalized spacial score (nSPS) is 13.7. The van der Waals surface area contributed by atoms with Gasteiger partial charge in [-0.05, 0) is 31.1 Å². The Hall–Kier alpha value is -0.460. The van der Waals surface area contributed by atoms with E-state index in [9.17, 15) is 0 Å². The van der Waals surface area contributed by atoms with Crippen molar-refractivity contribution < 1.29 is 0 Å². The van der Waals surface area contributed by atoms with E-state index in [4.69, 9.17) is 0 Å². The average Bonchev–Trinajstić information content (AvgIpc) is 2.00. The second-order valence-electron chi connectivity index (χ2n) is 5.92. The Bertz CT molecular complexity index is 176. The van der Waals surface area contributed by atoms with Crippen molar-refractivity contribution in [3.05, 3.63) is 12.3 Å². The number of nitrogens with one attached hydrogen (secondary N) is 1. The molecule has 0 rings (SSSR count). The molecule has 0 aliphatic rings. The highest BCUT2D eigenvalue weighted by atomic mass is 14.9. The molecule has 0 amide bonds. The van der Waals surface area contributed by atoms with E-state index in [2.05, 4.69) is 39.6 Å². The van der Waals surface area contributed by atoms with Crippen molar-refractivity contribution in [3.8, 4) is 0 Å². The molecule has 0 aromatic carbocycles. The Kier molecular flexibility index (Phi) is 6.71. The minimum Gasteiger partial charge on any atom is -0.389 e. The van der Waals surface area contributed by atoms with Gasteiger partial charge in [-0.2, -0.15) is 0 Å². The van der Waals surface area contributed by atoms with Crippen LogP contribution in [0.3, 0.4) is 0 Å². The van der Waals surface area contributed by atoms with Crippen LogP contribution in [-0.2, 0) is 0 Å². The van der Waals surface area contributed by atoms with Gasteiger partial charge in [0.2, 0.25) is 0 Å². The number of hydrogen-bond donors (Lipinski definition) is 1. The largest absolute Gasteiger partial charge is 0.389 e. The summed E-state index contributed by atoms with van der Waals surface area (Å²) in [5.41, 5.74) is 1.55. The Morgan fingerprint density at radius 1 is 1.27 bits per heavy atom. The van der Waals surface area contributed by atoms with E-state index in [-0.39, 0.29) is 0 Å². The van der Waals surface area contributed by atoms with Crippen molar-refractivity contribution in [2.75, 3.05) is 6.54 Å². The Morgan fingerprint density at radius 2 is 1.87 bits per heavy atom. The predicted octanol–water partition coefficient (Wildman–Crippen LogP) is 4.35. The number of rotatable bonds is 7. The van der Waals surface area contributed by atoms with Crippen molar-refractivity contribution in [1.82, 2.24) is 5.32 Å². The second-order valence-corrected chi connectivity index (χ2v) is 5.92. The first-order valence-corrected chi connectivity index (χ1v) is 6.24. The molecule has 1 atom stereocenters. The van der Waals surface area contributed by atoms with Gasteiger partial charge < -0.3 is 5.32 Å². The highest BCUT2D eigenvalue weighted by Crippen LogP contribution is 2.28. The highest BCUT2D eigenvalue weighted by molar-refractivity contribution is 4.84. The Labute approximate surface area is 96.3 Å². The van der Waals surface area contributed by atoms with Crippen LogP contribution in [0.1, 0.15) is 60.3 Å². The molecule has 0 saturated carbocycles. The molecule has 1 nitrogen and oxygen atoms in total. The van der Waals surface area contributed by atoms with Crippen LogP contribution in [0.2, 0.25) is 0 Å². The van der Waals surface area contributed by atoms with Gasteiger partial charge in [0.1, 0.15) is 0 Å². The standard InChI is InChI=1S/C14H29N/c1-7-8-13(11-14(4,5)6)9-10-15-12(2)3/h13,15H,2,7-11H2,1,3-6H3. The summed E-state index contributed by atoms with van der Waals surface area (Å²) < 4.78 is 0. The zero-order chi connectivity index (χ0) is 11.9. The molecule has 0 spiro atoms. The monoisotopic (exact) mass is 211 g/mol. The van der Waals surface area contributed by atoms with Crippen LogP contribution in [0.15, 0.2) is 12.3 Å². The molecule has 0 radical (unpaired) electrons. The Morgan fingerprint density at radius 3 is 2.27 bits per heavy atom. The quantitative estimate of drug-likeness (QED) is 0.660. The first kappa shape index (κ1) is 14.5. The molecule has 0 aromatic rings. The second kappa shape index (κ2) is 6.92. The molecule has 0 bridgehead atoms. The highest BCUT2D eigenvalue weighted by Gasteiger charge is 2.17. The third-order valence-electron chi connectivity index (χ3n) is 2.58. The molecule has 0 aliphatic heterocycles. The molecule has 0 saturated heterocycles. The van der Waals surface area contributed by atoms with Crippen LogP contribution in [0.25, 0.3) is 0 Å². The molecule has 0 heterocycles. The van der Waals surface area contributed by atoms with Crippen LogP contribution in [-0.4, -0.2) is 6.54 Å². The van der Waals surface area contributed by atoms with Gasteiger partial charge in [0.25, 0.3) is 0 Å². The lowest BCUT2D eigenvalue weighted by Crippen LogP contribution is -2.19. The molecule has 0 fully saturated rings. The SMILES string of the molecule is C=C(C)NCCC(CCC)CC(C)(C)C. The summed E-state index contributed by atoms with van der Waals surface area (Å²) in [4.78, 5) is 0. The summed E-state index contributed by atoms with van der Waals surface area (Å²) in [7, 11) is 0. The summed E-state index contributed by atoms with van der Waals surface area (Å²) in [6, 6.07) is 0. The molecular weight excluding hydrogens is 182 g/mol. The van der Waals surface area contributed by atoms with Gasteiger partial charge in [-0.25, -0.2) is 0 Å². The molecule has 1 heteroatoms. The van der Waals surface area contributed by atoms with E-state index in [1.54, 1.807) is 0 Å². The number of hydrogen-bond acceptors (Lipinski definition) is 1. The maximum absolute atomic E-state index is 3.86. The summed E-state index contributed by atoms with van der Waals surface area (Å²) in [6.07, 6.45) is 5.26. The Balaban J connectivity index is 3.88. The van der Waals surface area contributed by atoms with Gasteiger partial charge in [-0.15, -0.1) is 0 Å². The summed E-state index contributed by atoms with van der Waals surface area (Å²) in [5, 5.41) is 3.33. The maximum atomic E-state index is 3.86. The van der Waals surface area contributed by atoms with Crippen molar-refractivity contribution >= 4 is 0 Å². The van der Waals surface area contributed by atoms with Crippen LogP contribution in [0, 0.1) is 11.3 Å². The van der Waals surface area contributed by atoms with Crippen LogP contribution < -0.4 is 5.32 Å². The third kappa shape index (κ3) is 9.84. The van der Waals surface area contributed by atoms with Gasteiger partial charge in [0, 0.05) is 12.2 Å². The van der Waals surface area contributed by atoms with Crippen LogP contribution >= 0.6 is 0 Å². The van der Waals surface area contributed by atoms with Gasteiger partial charge in [-0.1, -0.05) is 47.1 Å². The lowest BCUT2D eigenvalue weighted by molar-refractivity contribution is 0.269. The topological polar surface area (TPSA) is 12.0 Å². The summed E-state index contributed by atoms with van der Waals surface area (Å²) in [6.45, 7) is 16.3. The van der Waals surface area contributed by atoms with E-state index in [1.807, 2.05) is 6.92 Å². The molecule has 1 N–H and O–H groups in total. The fraction of sp³-hybridized carbons (Fsp3) is 0.857. The molecule has 90 valence electrons. The first-order chi connectivity index (χ1) is 6.85. The fourth-order valence-corrected chi connectivity index (χ4v) is 2.11. The predicted molar refractivity (Wildman–Crippen MR) is 69.9 cm³/mol. The zero-order valence-corrected chi connectivity index (χ0v) is 11.3. The molecular formula is C14H29N. The first-order valence-electron chi connectivity index (χ1n) is 6.24. The molecule has 15 heavy (non-hydrogen) atoms. The molecule has 1 unspecified atom stereocenters. The van der Waals surface area contributed by atoms with Crippen LogP contribution in [0.4, 0.5) is 0 Å². The van der Waals surface area contributed by atoms with E-state index in [1.165, 1.54) is 25.7 Å². The van der Waals surface area contributed by atoms with Crippen LogP contribution in [0.5, 0.6) is 0 Å². The van der Waals surface area contributed by atoms with Gasteiger partial charge in [-0.3, -0.25) is 0 Å². The minimum absolute atomic E-state index is 0.461. The van der Waals surface area contributed by atoms with E-state index in [0.29, 0.717) is 5.41 Å². The van der Waals surface area contributed by atoms with E-state index < -0.39 is 0 Å². The zero-order valence-electron chi connectivity index (χ0n) is 11.3. The smallest absolute Gasteiger partial charge is 0.0146 e. The fourth-order valence-electron chi connectivity index (χ4n) is 2.11. The van der Waals surface area contributed by atoms with Crippen molar-refractivity contribution in [3.63, 3.8) is 0 Å².